The molecule has 0 spiro atoms. The van der Waals surface area contributed by atoms with Gasteiger partial charge >= 0.3 is 0 Å². The Hall–Kier alpha value is -1.43. The zero-order valence-electron chi connectivity index (χ0n) is 10.5. The van der Waals surface area contributed by atoms with Crippen molar-refractivity contribution in [2.24, 2.45) is 0 Å². The molecule has 88 valence electrons. The van der Waals surface area contributed by atoms with Crippen molar-refractivity contribution in [2.45, 2.75) is 19.6 Å². The fraction of sp³-hybridized carbons (Fsp3) is 0.273. The first kappa shape index (κ1) is 12.0. The number of halogens is 1. The van der Waals surface area contributed by atoms with Crippen LogP contribution >= 0.6 is 0 Å². The minimum absolute atomic E-state index is 0.254. The van der Waals surface area contributed by atoms with Crippen LogP contribution in [-0.2, 0) is 0 Å². The topological polar surface area (TPSA) is 30.7 Å². The molecule has 2 rings (SSSR count). The molecule has 0 aliphatic heterocycles. The second-order valence-electron chi connectivity index (χ2n) is 5.23. The Morgan fingerprint density at radius 2 is 2.00 bits per heavy atom. The lowest BCUT2D eigenvalue weighted by Crippen LogP contribution is -2.38. The highest BCUT2D eigenvalue weighted by atomic mass is 28.3. The van der Waals surface area contributed by atoms with Gasteiger partial charge in [-0.05, 0) is 12.1 Å². The third-order valence-electron chi connectivity index (χ3n) is 2.68. The van der Waals surface area contributed by atoms with Crippen LogP contribution in [0.3, 0.4) is 0 Å². The molecule has 0 bridgehead atoms. The SMILES string of the molecule is Bc1ccc(F)cc1-n1cc([Si](C)(C)C)nn1. The molecule has 0 saturated heterocycles. The van der Waals surface area contributed by atoms with Crippen LogP contribution in [0.25, 0.3) is 5.69 Å². The zero-order chi connectivity index (χ0) is 12.6. The van der Waals surface area contributed by atoms with Gasteiger partial charge in [-0.25, -0.2) is 9.07 Å². The van der Waals surface area contributed by atoms with Crippen molar-refractivity contribution >= 4 is 26.7 Å². The van der Waals surface area contributed by atoms with Crippen molar-refractivity contribution in [1.29, 1.82) is 0 Å². The molecule has 0 saturated carbocycles. The average molecular weight is 247 g/mol. The Labute approximate surface area is 102 Å². The summed E-state index contributed by atoms with van der Waals surface area (Å²) in [5.41, 5.74) is 1.74. The van der Waals surface area contributed by atoms with E-state index in [-0.39, 0.29) is 5.82 Å². The highest BCUT2D eigenvalue weighted by Crippen LogP contribution is 2.06. The summed E-state index contributed by atoms with van der Waals surface area (Å²) in [6, 6.07) is 4.69. The number of benzene rings is 1. The van der Waals surface area contributed by atoms with Gasteiger partial charge in [0.05, 0.1) is 11.0 Å². The number of hydrogen-bond acceptors (Lipinski definition) is 2. The number of aromatic nitrogens is 3. The maximum absolute atomic E-state index is 13.2. The molecule has 0 atom stereocenters. The van der Waals surface area contributed by atoms with Gasteiger partial charge in [0.15, 0.2) is 0 Å². The van der Waals surface area contributed by atoms with Crippen molar-refractivity contribution in [3.05, 3.63) is 30.2 Å². The molecule has 0 radical (unpaired) electrons. The van der Waals surface area contributed by atoms with E-state index >= 15 is 0 Å². The molecule has 0 fully saturated rings. The van der Waals surface area contributed by atoms with Crippen LogP contribution in [0.2, 0.25) is 19.6 Å². The minimum atomic E-state index is -1.46. The molecule has 2 aromatic rings. The first-order valence-corrected chi connectivity index (χ1v) is 9.07. The highest BCUT2D eigenvalue weighted by molar-refractivity contribution is 6.88. The normalized spacial score (nSPS) is 11.8. The van der Waals surface area contributed by atoms with Crippen LogP contribution < -0.4 is 10.8 Å². The maximum Gasteiger partial charge on any atom is 0.142 e. The lowest BCUT2D eigenvalue weighted by molar-refractivity contribution is 0.625. The fourth-order valence-electron chi connectivity index (χ4n) is 1.55. The standard InChI is InChI=1S/C11H15BFN3Si/c1-17(2,3)11-7-16(15-14-11)10-6-8(13)4-5-9(10)12/h4-7H,12H2,1-3H3. The minimum Gasteiger partial charge on any atom is -0.221 e. The lowest BCUT2D eigenvalue weighted by Gasteiger charge is -2.10. The smallest absolute Gasteiger partial charge is 0.142 e. The van der Waals surface area contributed by atoms with Crippen molar-refractivity contribution in [3.63, 3.8) is 0 Å². The molecular formula is C11H15BFN3Si. The Bertz CT molecular complexity index is 548. The zero-order valence-corrected chi connectivity index (χ0v) is 11.5. The van der Waals surface area contributed by atoms with Crippen LogP contribution in [0.1, 0.15) is 0 Å². The largest absolute Gasteiger partial charge is 0.221 e. The van der Waals surface area contributed by atoms with E-state index in [1.54, 1.807) is 10.7 Å². The van der Waals surface area contributed by atoms with E-state index in [0.29, 0.717) is 0 Å². The van der Waals surface area contributed by atoms with Crippen molar-refractivity contribution in [3.8, 4) is 5.69 Å². The van der Waals surface area contributed by atoms with E-state index in [0.717, 1.165) is 16.5 Å². The summed E-state index contributed by atoms with van der Waals surface area (Å²) in [4.78, 5) is 0. The molecular weight excluding hydrogens is 232 g/mol. The lowest BCUT2D eigenvalue weighted by atomic mass is 9.94. The summed E-state index contributed by atoms with van der Waals surface area (Å²) < 4.78 is 14.9. The van der Waals surface area contributed by atoms with E-state index in [2.05, 4.69) is 30.0 Å². The van der Waals surface area contributed by atoms with Crippen molar-refractivity contribution in [1.82, 2.24) is 15.0 Å². The summed E-state index contributed by atoms with van der Waals surface area (Å²) in [6.45, 7) is 6.62. The molecule has 3 nitrogen and oxygen atoms in total. The first-order chi connectivity index (χ1) is 7.88. The van der Waals surface area contributed by atoms with E-state index in [1.165, 1.54) is 12.1 Å². The Balaban J connectivity index is 2.47. The predicted molar refractivity (Wildman–Crippen MR) is 72.5 cm³/mol. The molecule has 1 aromatic carbocycles. The molecule has 1 heterocycles. The molecule has 0 aliphatic carbocycles. The summed E-state index contributed by atoms with van der Waals surface area (Å²) >= 11 is 0. The van der Waals surface area contributed by atoms with Crippen LogP contribution in [0, 0.1) is 5.82 Å². The van der Waals surface area contributed by atoms with Crippen molar-refractivity contribution < 1.29 is 4.39 Å². The van der Waals surface area contributed by atoms with E-state index in [1.807, 2.05) is 14.0 Å². The maximum atomic E-state index is 13.2. The molecule has 0 amide bonds. The quantitative estimate of drug-likeness (QED) is 0.710. The number of nitrogens with zero attached hydrogens (tertiary/aromatic N) is 3. The molecule has 0 N–H and O–H groups in total. The Morgan fingerprint density at radius 3 is 2.59 bits per heavy atom. The average Bonchev–Trinajstić information content (AvgIpc) is 2.70. The molecule has 6 heteroatoms. The van der Waals surface area contributed by atoms with Crippen LogP contribution in [-0.4, -0.2) is 30.9 Å². The van der Waals surface area contributed by atoms with E-state index in [4.69, 9.17) is 0 Å². The number of hydrogen-bond donors (Lipinski definition) is 0. The van der Waals surface area contributed by atoms with Gasteiger partial charge in [0.1, 0.15) is 21.7 Å². The van der Waals surface area contributed by atoms with Crippen LogP contribution in [0.4, 0.5) is 4.39 Å². The molecule has 1 aromatic heterocycles. The van der Waals surface area contributed by atoms with Crippen LogP contribution in [0.5, 0.6) is 0 Å². The monoisotopic (exact) mass is 247 g/mol. The second-order valence-corrected chi connectivity index (χ2v) is 10.2. The Kier molecular flexibility index (Phi) is 2.91. The molecule has 17 heavy (non-hydrogen) atoms. The van der Waals surface area contributed by atoms with Crippen LogP contribution in [0.15, 0.2) is 24.4 Å². The summed E-state index contributed by atoms with van der Waals surface area (Å²) in [5.74, 6) is -0.254. The van der Waals surface area contributed by atoms with Gasteiger partial charge in [-0.1, -0.05) is 36.4 Å². The van der Waals surface area contributed by atoms with Gasteiger partial charge in [0, 0.05) is 6.20 Å². The molecule has 0 unspecified atom stereocenters. The van der Waals surface area contributed by atoms with E-state index < -0.39 is 8.07 Å². The fourth-order valence-corrected chi connectivity index (χ4v) is 2.41. The Morgan fingerprint density at radius 1 is 1.29 bits per heavy atom. The number of rotatable bonds is 2. The van der Waals surface area contributed by atoms with Gasteiger partial charge in [-0.2, -0.15) is 0 Å². The van der Waals surface area contributed by atoms with Gasteiger partial charge in [-0.15, -0.1) is 5.10 Å². The van der Waals surface area contributed by atoms with Gasteiger partial charge < -0.3 is 0 Å². The first-order valence-electron chi connectivity index (χ1n) is 5.57. The van der Waals surface area contributed by atoms with E-state index in [9.17, 15) is 4.39 Å². The summed E-state index contributed by atoms with van der Waals surface area (Å²) in [7, 11) is 0.471. The molecule has 0 aliphatic rings. The van der Waals surface area contributed by atoms with Gasteiger partial charge in [0.25, 0.3) is 0 Å². The summed E-state index contributed by atoms with van der Waals surface area (Å²) in [5, 5.41) is 9.31. The third kappa shape index (κ3) is 2.46. The third-order valence-corrected chi connectivity index (χ3v) is 4.45. The predicted octanol–water partition coefficient (Wildman–Crippen LogP) is 0.210. The summed E-state index contributed by atoms with van der Waals surface area (Å²) in [6.07, 6.45) is 1.91. The second kappa shape index (κ2) is 4.10. The highest BCUT2D eigenvalue weighted by Gasteiger charge is 2.21. The van der Waals surface area contributed by atoms with Gasteiger partial charge in [0.2, 0.25) is 0 Å². The van der Waals surface area contributed by atoms with Crippen molar-refractivity contribution in [2.75, 3.05) is 0 Å². The van der Waals surface area contributed by atoms with Gasteiger partial charge in [-0.3, -0.25) is 0 Å².